The molecule has 0 spiro atoms. The molecular weight excluding hydrogens is 310 g/mol. The molecule has 25 heavy (non-hydrogen) atoms. The molecule has 1 aliphatic heterocycles. The maximum atomic E-state index is 11.9. The summed E-state index contributed by atoms with van der Waals surface area (Å²) in [6, 6.07) is 18.1. The van der Waals surface area contributed by atoms with Gasteiger partial charge >= 0.3 is 0 Å². The predicted octanol–water partition coefficient (Wildman–Crippen LogP) is 4.01. The normalized spacial score (nSPS) is 15.5. The van der Waals surface area contributed by atoms with Crippen LogP contribution < -0.4 is 5.32 Å². The third kappa shape index (κ3) is 4.07. The Morgan fingerprint density at radius 3 is 2.56 bits per heavy atom. The van der Waals surface area contributed by atoms with Gasteiger partial charge in [0.2, 0.25) is 0 Å². The van der Waals surface area contributed by atoms with Gasteiger partial charge in [0.05, 0.1) is 17.7 Å². The van der Waals surface area contributed by atoms with E-state index in [0.717, 1.165) is 18.8 Å². The molecule has 1 heterocycles. The third-order valence-electron chi connectivity index (χ3n) is 4.78. The number of likely N-dealkylation sites (tertiary alicyclic amines) is 1. The lowest BCUT2D eigenvalue weighted by Gasteiger charge is -2.29. The fourth-order valence-electron chi connectivity index (χ4n) is 3.46. The van der Waals surface area contributed by atoms with E-state index in [1.807, 2.05) is 6.07 Å². The number of anilines is 1. The Morgan fingerprint density at radius 1 is 1.20 bits per heavy atom. The highest BCUT2D eigenvalue weighted by Gasteiger charge is 2.23. The molecule has 1 fully saturated rings. The molecule has 4 heteroatoms. The maximum absolute atomic E-state index is 11.9. The summed E-state index contributed by atoms with van der Waals surface area (Å²) in [5.74, 6) is 0.00410. The van der Waals surface area contributed by atoms with E-state index in [4.69, 9.17) is 5.26 Å². The van der Waals surface area contributed by atoms with Crippen LogP contribution in [0, 0.1) is 11.3 Å². The van der Waals surface area contributed by atoms with Gasteiger partial charge in [-0.05, 0) is 56.6 Å². The molecular formula is C21H23N3O. The van der Waals surface area contributed by atoms with Gasteiger partial charge in [0, 0.05) is 17.8 Å². The Balaban J connectivity index is 1.84. The van der Waals surface area contributed by atoms with Crippen LogP contribution in [-0.4, -0.2) is 30.3 Å². The van der Waals surface area contributed by atoms with Crippen molar-refractivity contribution in [2.45, 2.75) is 25.8 Å². The van der Waals surface area contributed by atoms with Crippen molar-refractivity contribution in [3.63, 3.8) is 0 Å². The number of hydrogen-bond donors (Lipinski definition) is 1. The topological polar surface area (TPSA) is 56.1 Å². The van der Waals surface area contributed by atoms with Crippen LogP contribution in [0.1, 0.15) is 47.3 Å². The molecule has 2 aromatic rings. The van der Waals surface area contributed by atoms with Crippen molar-refractivity contribution >= 4 is 11.5 Å². The van der Waals surface area contributed by atoms with Gasteiger partial charge in [-0.1, -0.05) is 30.3 Å². The minimum absolute atomic E-state index is 0.00410. The minimum Gasteiger partial charge on any atom is -0.382 e. The fraction of sp³-hybridized carbons (Fsp3) is 0.333. The molecule has 0 aliphatic carbocycles. The Morgan fingerprint density at radius 2 is 1.92 bits per heavy atom. The van der Waals surface area contributed by atoms with Gasteiger partial charge in [-0.15, -0.1) is 0 Å². The first-order valence-corrected chi connectivity index (χ1v) is 8.77. The first-order valence-electron chi connectivity index (χ1n) is 8.77. The first-order chi connectivity index (χ1) is 12.2. The van der Waals surface area contributed by atoms with E-state index in [1.54, 1.807) is 25.1 Å². The average Bonchev–Trinajstić information content (AvgIpc) is 3.17. The molecule has 1 aliphatic rings. The maximum Gasteiger partial charge on any atom is 0.161 e. The fourth-order valence-corrected chi connectivity index (χ4v) is 3.46. The van der Waals surface area contributed by atoms with Crippen LogP contribution in [0.3, 0.4) is 0 Å². The zero-order valence-corrected chi connectivity index (χ0v) is 14.5. The molecule has 0 aromatic heterocycles. The van der Waals surface area contributed by atoms with E-state index in [-0.39, 0.29) is 11.8 Å². The van der Waals surface area contributed by atoms with Crippen molar-refractivity contribution in [3.05, 3.63) is 65.2 Å². The van der Waals surface area contributed by atoms with E-state index in [9.17, 15) is 4.79 Å². The number of ketones is 1. The van der Waals surface area contributed by atoms with Crippen LogP contribution in [0.2, 0.25) is 0 Å². The molecule has 0 radical (unpaired) electrons. The number of nitrogens with one attached hydrogen (secondary N) is 1. The minimum atomic E-state index is 0.00410. The largest absolute Gasteiger partial charge is 0.382 e. The van der Waals surface area contributed by atoms with Gasteiger partial charge in [-0.3, -0.25) is 9.69 Å². The molecule has 1 saturated heterocycles. The van der Waals surface area contributed by atoms with E-state index < -0.39 is 0 Å². The summed E-state index contributed by atoms with van der Waals surface area (Å²) >= 11 is 0. The van der Waals surface area contributed by atoms with Gasteiger partial charge in [0.1, 0.15) is 0 Å². The zero-order chi connectivity index (χ0) is 17.6. The predicted molar refractivity (Wildman–Crippen MR) is 99.6 cm³/mol. The van der Waals surface area contributed by atoms with E-state index in [2.05, 4.69) is 40.6 Å². The smallest absolute Gasteiger partial charge is 0.161 e. The van der Waals surface area contributed by atoms with Gasteiger partial charge in [-0.25, -0.2) is 0 Å². The van der Waals surface area contributed by atoms with Gasteiger partial charge in [0.15, 0.2) is 5.78 Å². The third-order valence-corrected chi connectivity index (χ3v) is 4.78. The van der Waals surface area contributed by atoms with Crippen LogP contribution in [-0.2, 0) is 0 Å². The molecule has 2 aromatic carbocycles. The van der Waals surface area contributed by atoms with Gasteiger partial charge < -0.3 is 5.32 Å². The number of benzene rings is 2. The lowest BCUT2D eigenvalue weighted by Crippen LogP contribution is -2.31. The monoisotopic (exact) mass is 333 g/mol. The Bertz CT molecular complexity index is 773. The Kier molecular flexibility index (Phi) is 5.47. The summed E-state index contributed by atoms with van der Waals surface area (Å²) < 4.78 is 0. The number of nitriles is 1. The van der Waals surface area contributed by atoms with Crippen molar-refractivity contribution in [3.8, 4) is 6.07 Å². The van der Waals surface area contributed by atoms with Crippen molar-refractivity contribution in [1.82, 2.24) is 4.90 Å². The van der Waals surface area contributed by atoms with Gasteiger partial charge in [0.25, 0.3) is 0 Å². The summed E-state index contributed by atoms with van der Waals surface area (Å²) in [7, 11) is 0. The zero-order valence-electron chi connectivity index (χ0n) is 14.5. The van der Waals surface area contributed by atoms with Crippen molar-refractivity contribution < 1.29 is 4.79 Å². The Labute approximate surface area is 149 Å². The first kappa shape index (κ1) is 17.2. The number of carbonyl (C=O) groups excluding carboxylic acids is 1. The molecule has 4 nitrogen and oxygen atoms in total. The molecule has 0 amide bonds. The highest BCUT2D eigenvalue weighted by atomic mass is 16.1. The Hall–Kier alpha value is -2.64. The molecule has 0 saturated carbocycles. The van der Waals surface area contributed by atoms with Crippen LogP contribution in [0.25, 0.3) is 0 Å². The highest BCUT2D eigenvalue weighted by molar-refractivity contribution is 5.99. The summed E-state index contributed by atoms with van der Waals surface area (Å²) in [5, 5.41) is 12.6. The molecule has 1 atom stereocenters. The number of Topliss-reactive ketones (excluding diaryl/α,β-unsaturated/α-hetero) is 1. The lowest BCUT2D eigenvalue weighted by molar-refractivity contribution is 0.101. The summed E-state index contributed by atoms with van der Waals surface area (Å²) in [6.07, 6.45) is 2.46. The van der Waals surface area contributed by atoms with E-state index >= 15 is 0 Å². The second-order valence-corrected chi connectivity index (χ2v) is 6.48. The number of nitrogens with zero attached hydrogens (tertiary/aromatic N) is 2. The molecule has 0 bridgehead atoms. The molecule has 1 N–H and O–H groups in total. The molecule has 1 unspecified atom stereocenters. The highest BCUT2D eigenvalue weighted by Crippen LogP contribution is 2.27. The van der Waals surface area contributed by atoms with Crippen LogP contribution >= 0.6 is 0 Å². The molecule has 3 rings (SSSR count). The summed E-state index contributed by atoms with van der Waals surface area (Å²) in [6.45, 7) is 4.46. The van der Waals surface area contributed by atoms with Crippen molar-refractivity contribution in [2.24, 2.45) is 0 Å². The van der Waals surface area contributed by atoms with E-state index in [0.29, 0.717) is 17.7 Å². The van der Waals surface area contributed by atoms with Crippen LogP contribution in [0.5, 0.6) is 0 Å². The second kappa shape index (κ2) is 7.96. The lowest BCUT2D eigenvalue weighted by atomic mass is 10.0. The summed E-state index contributed by atoms with van der Waals surface area (Å²) in [5.41, 5.74) is 3.21. The van der Waals surface area contributed by atoms with Gasteiger partial charge in [-0.2, -0.15) is 5.26 Å². The van der Waals surface area contributed by atoms with E-state index in [1.165, 1.54) is 18.4 Å². The average molecular weight is 333 g/mol. The summed E-state index contributed by atoms with van der Waals surface area (Å²) in [4.78, 5) is 14.4. The SMILES string of the molecule is CC(=O)c1ccc(C#N)cc1NCC(c1ccccc1)N1CCCC1. The quantitative estimate of drug-likeness (QED) is 0.812. The van der Waals surface area contributed by atoms with Crippen LogP contribution in [0.4, 0.5) is 5.69 Å². The standard InChI is InChI=1S/C21H23N3O/c1-16(25)19-10-9-17(14-22)13-20(19)23-15-21(24-11-5-6-12-24)18-7-3-2-4-8-18/h2-4,7-10,13,21,23H,5-6,11-12,15H2,1H3. The molecule has 128 valence electrons. The van der Waals surface area contributed by atoms with Crippen molar-refractivity contribution in [1.29, 1.82) is 5.26 Å². The second-order valence-electron chi connectivity index (χ2n) is 6.48. The van der Waals surface area contributed by atoms with Crippen LogP contribution in [0.15, 0.2) is 48.5 Å². The number of rotatable bonds is 6. The number of hydrogen-bond acceptors (Lipinski definition) is 4. The van der Waals surface area contributed by atoms with Crippen molar-refractivity contribution in [2.75, 3.05) is 25.0 Å². The number of carbonyl (C=O) groups is 1.